The Morgan fingerprint density at radius 3 is 2.68 bits per heavy atom. The van der Waals surface area contributed by atoms with Crippen molar-refractivity contribution in [2.45, 2.75) is 77.3 Å². The van der Waals surface area contributed by atoms with Crippen LogP contribution in [0.25, 0.3) is 0 Å². The molecule has 3 nitrogen and oxygen atoms in total. The summed E-state index contributed by atoms with van der Waals surface area (Å²) < 4.78 is 0. The highest BCUT2D eigenvalue weighted by Crippen LogP contribution is 2.31. The molecule has 2 aliphatic rings. The first kappa shape index (κ1) is 14.8. The molecule has 2 rings (SSSR count). The third-order valence-corrected chi connectivity index (χ3v) is 4.93. The van der Waals surface area contributed by atoms with Crippen LogP contribution in [0.4, 0.5) is 0 Å². The van der Waals surface area contributed by atoms with Gasteiger partial charge in [0.1, 0.15) is 0 Å². The Labute approximate surface area is 117 Å². The van der Waals surface area contributed by atoms with Crippen molar-refractivity contribution < 1.29 is 4.79 Å². The molecule has 1 aliphatic carbocycles. The van der Waals surface area contributed by atoms with Gasteiger partial charge in [0.15, 0.2) is 0 Å². The molecule has 1 saturated carbocycles. The highest BCUT2D eigenvalue weighted by atomic mass is 16.1. The van der Waals surface area contributed by atoms with Gasteiger partial charge in [0.25, 0.3) is 0 Å². The monoisotopic (exact) mass is 266 g/mol. The first-order valence-corrected chi connectivity index (χ1v) is 8.22. The molecule has 110 valence electrons. The van der Waals surface area contributed by atoms with Crippen LogP contribution in [-0.4, -0.2) is 24.5 Å². The summed E-state index contributed by atoms with van der Waals surface area (Å²) in [7, 11) is 0. The number of rotatable bonds is 5. The summed E-state index contributed by atoms with van der Waals surface area (Å²) in [6, 6.07) is 0.926. The number of hydrogen-bond acceptors (Lipinski definition) is 2. The third-order valence-electron chi connectivity index (χ3n) is 4.93. The minimum atomic E-state index is 0.244. The molecule has 1 heterocycles. The molecule has 1 saturated heterocycles. The van der Waals surface area contributed by atoms with E-state index in [-0.39, 0.29) is 5.92 Å². The lowest BCUT2D eigenvalue weighted by Crippen LogP contribution is -2.48. The molecule has 1 amide bonds. The van der Waals surface area contributed by atoms with E-state index in [1.165, 1.54) is 25.7 Å². The fraction of sp³-hybridized carbons (Fsp3) is 0.938. The molecule has 0 bridgehead atoms. The minimum absolute atomic E-state index is 0.244. The lowest BCUT2D eigenvalue weighted by molar-refractivity contribution is -0.126. The largest absolute Gasteiger partial charge is 0.353 e. The number of nitrogens with one attached hydrogen (secondary N) is 2. The molecule has 0 radical (unpaired) electrons. The van der Waals surface area contributed by atoms with Crippen molar-refractivity contribution in [2.24, 2.45) is 11.8 Å². The van der Waals surface area contributed by atoms with Gasteiger partial charge in [-0.05, 0) is 45.1 Å². The van der Waals surface area contributed by atoms with Gasteiger partial charge in [0.2, 0.25) is 5.91 Å². The van der Waals surface area contributed by atoms with Gasteiger partial charge in [0.05, 0.1) is 0 Å². The molecule has 0 aromatic carbocycles. The number of carbonyl (C=O) groups is 1. The molecule has 19 heavy (non-hydrogen) atoms. The van der Waals surface area contributed by atoms with Crippen LogP contribution >= 0.6 is 0 Å². The lowest BCUT2D eigenvalue weighted by Gasteiger charge is -2.30. The maximum absolute atomic E-state index is 12.4. The zero-order valence-electron chi connectivity index (χ0n) is 12.6. The zero-order valence-corrected chi connectivity index (χ0v) is 12.6. The van der Waals surface area contributed by atoms with Crippen molar-refractivity contribution in [3.8, 4) is 0 Å². The van der Waals surface area contributed by atoms with E-state index in [9.17, 15) is 4.79 Å². The van der Waals surface area contributed by atoms with Crippen LogP contribution in [0.2, 0.25) is 0 Å². The standard InChI is InChI=1S/C16H30N2O/c1-3-14(11-13-6-4-5-7-13)16(19)18-15-8-9-17-12(2)10-15/h12-15,17H,3-11H2,1-2H3,(H,18,19). The fourth-order valence-electron chi connectivity index (χ4n) is 3.69. The molecule has 2 fully saturated rings. The van der Waals surface area contributed by atoms with Crippen LogP contribution in [0, 0.1) is 11.8 Å². The molecule has 3 heteroatoms. The third kappa shape index (κ3) is 4.48. The number of carbonyl (C=O) groups excluding carboxylic acids is 1. The van der Waals surface area contributed by atoms with Gasteiger partial charge in [-0.1, -0.05) is 32.6 Å². The van der Waals surface area contributed by atoms with Crippen LogP contribution in [0.5, 0.6) is 0 Å². The van der Waals surface area contributed by atoms with E-state index in [0.29, 0.717) is 18.0 Å². The quantitative estimate of drug-likeness (QED) is 0.803. The summed E-state index contributed by atoms with van der Waals surface area (Å²) in [6.07, 6.45) is 9.68. The molecule has 1 aliphatic heterocycles. The second kappa shape index (κ2) is 7.28. The molecule has 3 atom stereocenters. The predicted molar refractivity (Wildman–Crippen MR) is 79.0 cm³/mol. The topological polar surface area (TPSA) is 41.1 Å². The number of piperidine rings is 1. The minimum Gasteiger partial charge on any atom is -0.353 e. The Hall–Kier alpha value is -0.570. The molecular formula is C16H30N2O. The summed E-state index contributed by atoms with van der Waals surface area (Å²) in [5.74, 6) is 1.37. The summed E-state index contributed by atoms with van der Waals surface area (Å²) in [5, 5.41) is 6.73. The molecule has 2 N–H and O–H groups in total. The van der Waals surface area contributed by atoms with E-state index < -0.39 is 0 Å². The normalized spacial score (nSPS) is 30.2. The van der Waals surface area contributed by atoms with Crippen LogP contribution in [0.15, 0.2) is 0 Å². The van der Waals surface area contributed by atoms with Crippen LogP contribution < -0.4 is 10.6 Å². The SMILES string of the molecule is CCC(CC1CCCC1)C(=O)NC1CCNC(C)C1. The van der Waals surface area contributed by atoms with E-state index in [4.69, 9.17) is 0 Å². The summed E-state index contributed by atoms with van der Waals surface area (Å²) in [4.78, 5) is 12.4. The zero-order chi connectivity index (χ0) is 13.7. The van der Waals surface area contributed by atoms with Crippen molar-refractivity contribution in [2.75, 3.05) is 6.54 Å². The molecule has 0 aromatic rings. The Morgan fingerprint density at radius 2 is 2.05 bits per heavy atom. The Kier molecular flexibility index (Phi) is 5.68. The summed E-state index contributed by atoms with van der Waals surface area (Å²) in [6.45, 7) is 5.39. The Morgan fingerprint density at radius 1 is 1.32 bits per heavy atom. The first-order chi connectivity index (χ1) is 9.19. The highest BCUT2D eigenvalue weighted by molar-refractivity contribution is 5.78. The second-order valence-corrected chi connectivity index (χ2v) is 6.58. The van der Waals surface area contributed by atoms with Gasteiger partial charge in [-0.15, -0.1) is 0 Å². The Bertz CT molecular complexity index is 286. The second-order valence-electron chi connectivity index (χ2n) is 6.58. The van der Waals surface area contributed by atoms with Crippen LogP contribution in [-0.2, 0) is 4.79 Å². The van der Waals surface area contributed by atoms with Crippen molar-refractivity contribution in [3.63, 3.8) is 0 Å². The lowest BCUT2D eigenvalue weighted by atomic mass is 9.90. The van der Waals surface area contributed by atoms with E-state index in [0.717, 1.165) is 38.1 Å². The maximum Gasteiger partial charge on any atom is 0.223 e. The fourth-order valence-corrected chi connectivity index (χ4v) is 3.69. The van der Waals surface area contributed by atoms with E-state index in [1.54, 1.807) is 0 Å². The van der Waals surface area contributed by atoms with Gasteiger partial charge in [-0.3, -0.25) is 4.79 Å². The Balaban J connectivity index is 1.78. The van der Waals surface area contributed by atoms with Gasteiger partial charge < -0.3 is 10.6 Å². The van der Waals surface area contributed by atoms with Crippen molar-refractivity contribution in [1.29, 1.82) is 0 Å². The summed E-state index contributed by atoms with van der Waals surface area (Å²) >= 11 is 0. The average molecular weight is 266 g/mol. The average Bonchev–Trinajstić information content (AvgIpc) is 2.88. The molecule has 0 aromatic heterocycles. The first-order valence-electron chi connectivity index (χ1n) is 8.22. The maximum atomic E-state index is 12.4. The van der Waals surface area contributed by atoms with E-state index in [2.05, 4.69) is 24.5 Å². The predicted octanol–water partition coefficient (Wildman–Crippen LogP) is 2.85. The van der Waals surface area contributed by atoms with Crippen molar-refractivity contribution in [3.05, 3.63) is 0 Å². The van der Waals surface area contributed by atoms with Gasteiger partial charge in [0, 0.05) is 18.0 Å². The van der Waals surface area contributed by atoms with Crippen LogP contribution in [0.1, 0.15) is 65.2 Å². The highest BCUT2D eigenvalue weighted by Gasteiger charge is 2.26. The van der Waals surface area contributed by atoms with Crippen molar-refractivity contribution >= 4 is 5.91 Å². The van der Waals surface area contributed by atoms with Crippen molar-refractivity contribution in [1.82, 2.24) is 10.6 Å². The van der Waals surface area contributed by atoms with Gasteiger partial charge in [-0.2, -0.15) is 0 Å². The molecule has 3 unspecified atom stereocenters. The van der Waals surface area contributed by atoms with Gasteiger partial charge >= 0.3 is 0 Å². The van der Waals surface area contributed by atoms with E-state index in [1.807, 2.05) is 0 Å². The van der Waals surface area contributed by atoms with Crippen LogP contribution in [0.3, 0.4) is 0 Å². The summed E-state index contributed by atoms with van der Waals surface area (Å²) in [5.41, 5.74) is 0. The van der Waals surface area contributed by atoms with E-state index >= 15 is 0 Å². The molecule has 0 spiro atoms. The number of amides is 1. The smallest absolute Gasteiger partial charge is 0.223 e. The number of hydrogen-bond donors (Lipinski definition) is 2. The van der Waals surface area contributed by atoms with Gasteiger partial charge in [-0.25, -0.2) is 0 Å². The molecular weight excluding hydrogens is 236 g/mol.